The summed E-state index contributed by atoms with van der Waals surface area (Å²) < 4.78 is 4.85. The van der Waals surface area contributed by atoms with E-state index in [0.717, 1.165) is 4.68 Å². The molecule has 58 valence electrons. The zero-order valence-corrected chi connectivity index (χ0v) is 5.43. The molecule has 1 heterocycles. The van der Waals surface area contributed by atoms with Crippen LogP contribution >= 0.6 is 0 Å². The number of aromatic nitrogens is 2. The van der Waals surface area contributed by atoms with Gasteiger partial charge in [-0.25, -0.2) is 9.59 Å². The van der Waals surface area contributed by atoms with E-state index in [-0.39, 0.29) is 0 Å². The summed E-state index contributed by atoms with van der Waals surface area (Å²) in [6.07, 6.45) is 0.654. The monoisotopic (exact) mass is 155 g/mol. The summed E-state index contributed by atoms with van der Waals surface area (Å²) in [5.74, 6) is 0. The zero-order valence-electron chi connectivity index (χ0n) is 5.43. The standard InChI is InChI=1S/C5H5N3O3/c6-4(9)11-5(10)8-3-1-2-7-8/h1-3H,(H2,6,9). The van der Waals surface area contributed by atoms with Gasteiger partial charge in [0.1, 0.15) is 0 Å². The Morgan fingerprint density at radius 1 is 1.55 bits per heavy atom. The fourth-order valence-corrected chi connectivity index (χ4v) is 0.510. The maximum Gasteiger partial charge on any atom is 0.443 e. The molecule has 6 heteroatoms. The Morgan fingerprint density at radius 2 is 2.27 bits per heavy atom. The molecule has 0 saturated heterocycles. The normalized spacial score (nSPS) is 9.09. The van der Waals surface area contributed by atoms with E-state index in [2.05, 4.69) is 15.6 Å². The first-order valence-corrected chi connectivity index (χ1v) is 2.71. The smallest absolute Gasteiger partial charge is 0.358 e. The van der Waals surface area contributed by atoms with Crippen molar-refractivity contribution in [3.05, 3.63) is 18.5 Å². The van der Waals surface area contributed by atoms with Gasteiger partial charge in [-0.05, 0) is 6.07 Å². The van der Waals surface area contributed by atoms with E-state index < -0.39 is 12.2 Å². The number of carbonyl (C=O) groups excluding carboxylic acids is 2. The Morgan fingerprint density at radius 3 is 2.73 bits per heavy atom. The Kier molecular flexibility index (Phi) is 1.86. The van der Waals surface area contributed by atoms with Gasteiger partial charge in [0.25, 0.3) is 0 Å². The highest BCUT2D eigenvalue weighted by molar-refractivity contribution is 5.83. The van der Waals surface area contributed by atoms with Gasteiger partial charge in [-0.2, -0.15) is 9.78 Å². The number of nitrogens with two attached hydrogens (primary N) is 1. The fourth-order valence-electron chi connectivity index (χ4n) is 0.510. The highest BCUT2D eigenvalue weighted by Gasteiger charge is 2.07. The minimum Gasteiger partial charge on any atom is -0.358 e. The third-order valence-electron chi connectivity index (χ3n) is 0.879. The molecule has 0 radical (unpaired) electrons. The minimum absolute atomic E-state index is 0.852. The van der Waals surface area contributed by atoms with Crippen LogP contribution in [0.1, 0.15) is 0 Å². The van der Waals surface area contributed by atoms with Gasteiger partial charge < -0.3 is 10.5 Å². The molecule has 11 heavy (non-hydrogen) atoms. The number of primary amides is 1. The molecule has 1 amide bonds. The Bertz CT molecular complexity index is 267. The summed E-state index contributed by atoms with van der Waals surface area (Å²) in [4.78, 5) is 20.7. The first-order chi connectivity index (χ1) is 5.20. The molecule has 0 saturated carbocycles. The second-order valence-corrected chi connectivity index (χ2v) is 1.64. The quantitative estimate of drug-likeness (QED) is 0.532. The van der Waals surface area contributed by atoms with Gasteiger partial charge in [0.05, 0.1) is 0 Å². The number of nitrogens with zero attached hydrogens (tertiary/aromatic N) is 2. The number of hydrogen-bond donors (Lipinski definition) is 1. The molecule has 6 nitrogen and oxygen atoms in total. The summed E-state index contributed by atoms with van der Waals surface area (Å²) in [7, 11) is 0. The highest BCUT2D eigenvalue weighted by Crippen LogP contribution is 1.87. The molecule has 1 rings (SSSR count). The SMILES string of the molecule is NC(=O)OC(=O)n1cccn1. The van der Waals surface area contributed by atoms with Crippen molar-refractivity contribution in [2.45, 2.75) is 0 Å². The topological polar surface area (TPSA) is 87.2 Å². The van der Waals surface area contributed by atoms with E-state index in [1.54, 1.807) is 0 Å². The second-order valence-electron chi connectivity index (χ2n) is 1.64. The van der Waals surface area contributed by atoms with Crippen LogP contribution in [0.15, 0.2) is 18.5 Å². The maximum absolute atomic E-state index is 10.7. The summed E-state index contributed by atoms with van der Waals surface area (Å²) in [5, 5.41) is 3.50. The van der Waals surface area contributed by atoms with Crippen LogP contribution in [0, 0.1) is 0 Å². The summed E-state index contributed by atoms with van der Waals surface area (Å²) >= 11 is 0. The van der Waals surface area contributed by atoms with E-state index in [4.69, 9.17) is 0 Å². The van der Waals surface area contributed by atoms with Gasteiger partial charge in [0, 0.05) is 12.4 Å². The van der Waals surface area contributed by atoms with Crippen LogP contribution in [0.3, 0.4) is 0 Å². The van der Waals surface area contributed by atoms with E-state index in [1.807, 2.05) is 0 Å². The lowest BCUT2D eigenvalue weighted by Crippen LogP contribution is -2.22. The second kappa shape index (κ2) is 2.82. The Hall–Kier alpha value is -1.85. The molecule has 1 aromatic heterocycles. The molecule has 0 aliphatic rings. The lowest BCUT2D eigenvalue weighted by molar-refractivity contribution is 0.155. The predicted octanol–water partition coefficient (Wildman–Crippen LogP) is -0.0535. The largest absolute Gasteiger partial charge is 0.443 e. The van der Waals surface area contributed by atoms with Crippen molar-refractivity contribution in [1.29, 1.82) is 0 Å². The lowest BCUT2D eigenvalue weighted by Gasteiger charge is -1.96. The molecule has 1 aromatic rings. The van der Waals surface area contributed by atoms with Crippen LogP contribution in [0.2, 0.25) is 0 Å². The molecule has 0 atom stereocenters. The Labute approximate surface area is 61.5 Å². The van der Waals surface area contributed by atoms with Crippen LogP contribution in [0.5, 0.6) is 0 Å². The van der Waals surface area contributed by atoms with Crippen LogP contribution in [-0.4, -0.2) is 22.0 Å². The van der Waals surface area contributed by atoms with Crippen LogP contribution in [0.4, 0.5) is 9.59 Å². The molecule has 0 unspecified atom stereocenters. The van der Waals surface area contributed by atoms with Crippen LogP contribution in [-0.2, 0) is 4.74 Å². The van der Waals surface area contributed by atoms with Crippen LogP contribution < -0.4 is 5.73 Å². The van der Waals surface area contributed by atoms with E-state index in [1.165, 1.54) is 18.5 Å². The van der Waals surface area contributed by atoms with Gasteiger partial charge in [0.2, 0.25) is 0 Å². The number of rotatable bonds is 0. The van der Waals surface area contributed by atoms with Crippen molar-refractivity contribution < 1.29 is 14.3 Å². The summed E-state index contributed by atoms with van der Waals surface area (Å²) in [5.41, 5.74) is 4.58. The van der Waals surface area contributed by atoms with E-state index in [0.29, 0.717) is 0 Å². The molecule has 2 N–H and O–H groups in total. The van der Waals surface area contributed by atoms with Crippen molar-refractivity contribution in [2.24, 2.45) is 5.73 Å². The van der Waals surface area contributed by atoms with Crippen molar-refractivity contribution in [2.75, 3.05) is 0 Å². The minimum atomic E-state index is -1.15. The average molecular weight is 155 g/mol. The molecule has 0 aliphatic carbocycles. The molecule has 0 aromatic carbocycles. The highest BCUT2D eigenvalue weighted by atomic mass is 16.6. The maximum atomic E-state index is 10.7. The summed E-state index contributed by atoms with van der Waals surface area (Å²) in [6, 6.07) is 1.52. The third kappa shape index (κ3) is 1.78. The number of carbonyl (C=O) groups is 2. The molecular formula is C5H5N3O3. The van der Waals surface area contributed by atoms with Crippen molar-refractivity contribution in [3.8, 4) is 0 Å². The molecule has 0 spiro atoms. The fraction of sp³-hybridized carbons (Fsp3) is 0. The number of hydrogen-bond acceptors (Lipinski definition) is 4. The van der Waals surface area contributed by atoms with Crippen molar-refractivity contribution in [1.82, 2.24) is 9.78 Å². The predicted molar refractivity (Wildman–Crippen MR) is 33.7 cm³/mol. The van der Waals surface area contributed by atoms with Gasteiger partial charge in [0.15, 0.2) is 0 Å². The van der Waals surface area contributed by atoms with Gasteiger partial charge >= 0.3 is 12.2 Å². The first kappa shape index (κ1) is 7.26. The van der Waals surface area contributed by atoms with Gasteiger partial charge in [-0.3, -0.25) is 0 Å². The zero-order chi connectivity index (χ0) is 8.27. The lowest BCUT2D eigenvalue weighted by atomic mass is 10.8. The molecule has 0 bridgehead atoms. The molecule has 0 aliphatic heterocycles. The van der Waals surface area contributed by atoms with E-state index in [9.17, 15) is 9.59 Å². The molecule has 0 fully saturated rings. The van der Waals surface area contributed by atoms with Gasteiger partial charge in [-0.15, -0.1) is 0 Å². The van der Waals surface area contributed by atoms with Gasteiger partial charge in [-0.1, -0.05) is 0 Å². The third-order valence-corrected chi connectivity index (χ3v) is 0.879. The van der Waals surface area contributed by atoms with Crippen molar-refractivity contribution >= 4 is 12.2 Å². The number of amides is 1. The first-order valence-electron chi connectivity index (χ1n) is 2.71. The Balaban J connectivity index is 2.64. The van der Waals surface area contributed by atoms with Crippen molar-refractivity contribution in [3.63, 3.8) is 0 Å². The van der Waals surface area contributed by atoms with E-state index >= 15 is 0 Å². The summed E-state index contributed by atoms with van der Waals surface area (Å²) in [6.45, 7) is 0. The molecular weight excluding hydrogens is 150 g/mol. The average Bonchev–Trinajstić information content (AvgIpc) is 2.35. The van der Waals surface area contributed by atoms with Crippen LogP contribution in [0.25, 0.3) is 0 Å². The number of ether oxygens (including phenoxy) is 1.